The van der Waals surface area contributed by atoms with Crippen LogP contribution < -0.4 is 10.5 Å². The van der Waals surface area contributed by atoms with Crippen LogP contribution in [0.25, 0.3) is 0 Å². The largest absolute Gasteiger partial charge is 0.486 e. The van der Waals surface area contributed by atoms with Crippen LogP contribution in [0, 0.1) is 17.0 Å². The highest BCUT2D eigenvalue weighted by Gasteiger charge is 2.15. The van der Waals surface area contributed by atoms with Gasteiger partial charge < -0.3 is 10.5 Å². The first-order chi connectivity index (χ1) is 9.08. The molecule has 1 saturated heterocycles. The van der Waals surface area contributed by atoms with Gasteiger partial charge in [0.1, 0.15) is 12.4 Å². The third kappa shape index (κ3) is 3.41. The van der Waals surface area contributed by atoms with Crippen molar-refractivity contribution in [2.75, 3.05) is 26.2 Å². The number of hydrogen-bond donors (Lipinski definition) is 2. The molecule has 0 saturated carbocycles. The molecule has 0 aromatic heterocycles. The molecule has 6 heteroatoms. The number of hydrogen-bond acceptors (Lipinski definition) is 3. The molecular weight excluding hydrogens is 252 g/mol. The van der Waals surface area contributed by atoms with Gasteiger partial charge in [-0.3, -0.25) is 10.3 Å². The Morgan fingerprint density at radius 1 is 1.26 bits per heavy atom. The smallest absolute Gasteiger partial charge is 0.190 e. The number of rotatable bonds is 5. The summed E-state index contributed by atoms with van der Waals surface area (Å²) in [6.45, 7) is 2.93. The van der Waals surface area contributed by atoms with Crippen LogP contribution in [0.3, 0.4) is 0 Å². The second-order valence-electron chi connectivity index (χ2n) is 4.58. The molecule has 0 amide bonds. The van der Waals surface area contributed by atoms with Crippen molar-refractivity contribution < 1.29 is 13.5 Å². The zero-order valence-corrected chi connectivity index (χ0v) is 10.6. The first-order valence-electron chi connectivity index (χ1n) is 6.26. The average molecular weight is 269 g/mol. The van der Waals surface area contributed by atoms with Crippen LogP contribution in [0.5, 0.6) is 5.75 Å². The van der Waals surface area contributed by atoms with Crippen molar-refractivity contribution in [1.29, 1.82) is 5.41 Å². The molecular formula is C13H17F2N3O. The van der Waals surface area contributed by atoms with Gasteiger partial charge in [-0.15, -0.1) is 0 Å². The molecule has 1 heterocycles. The highest BCUT2D eigenvalue weighted by molar-refractivity contribution is 5.95. The highest BCUT2D eigenvalue weighted by atomic mass is 19.1. The van der Waals surface area contributed by atoms with Crippen molar-refractivity contribution in [3.05, 3.63) is 29.3 Å². The van der Waals surface area contributed by atoms with E-state index in [1.807, 2.05) is 0 Å². The molecule has 1 aromatic carbocycles. The van der Waals surface area contributed by atoms with Gasteiger partial charge in [-0.2, -0.15) is 0 Å². The van der Waals surface area contributed by atoms with Crippen LogP contribution in [-0.4, -0.2) is 37.0 Å². The van der Waals surface area contributed by atoms with E-state index < -0.39 is 17.4 Å². The van der Waals surface area contributed by atoms with Crippen LogP contribution in [0.2, 0.25) is 0 Å². The molecule has 0 unspecified atom stereocenters. The number of amidine groups is 1. The van der Waals surface area contributed by atoms with E-state index in [1.165, 1.54) is 0 Å². The monoisotopic (exact) mass is 269 g/mol. The summed E-state index contributed by atoms with van der Waals surface area (Å²) in [4.78, 5) is 2.19. The van der Waals surface area contributed by atoms with E-state index in [1.54, 1.807) is 0 Å². The SMILES string of the molecule is N=C(N)c1cc(F)c(OCCN2CCCC2)c(F)c1. The fourth-order valence-electron chi connectivity index (χ4n) is 2.14. The first kappa shape index (κ1) is 13.7. The van der Waals surface area contributed by atoms with Crippen molar-refractivity contribution in [3.8, 4) is 5.75 Å². The van der Waals surface area contributed by atoms with Crippen molar-refractivity contribution in [3.63, 3.8) is 0 Å². The van der Waals surface area contributed by atoms with Gasteiger partial charge in [-0.25, -0.2) is 8.78 Å². The summed E-state index contributed by atoms with van der Waals surface area (Å²) < 4.78 is 32.4. The molecule has 1 fully saturated rings. The van der Waals surface area contributed by atoms with Crippen LogP contribution in [-0.2, 0) is 0 Å². The molecule has 4 nitrogen and oxygen atoms in total. The van der Waals surface area contributed by atoms with E-state index >= 15 is 0 Å². The van der Waals surface area contributed by atoms with Gasteiger partial charge in [0.25, 0.3) is 0 Å². The summed E-state index contributed by atoms with van der Waals surface area (Å²) in [6, 6.07) is 2.02. The molecule has 0 atom stereocenters. The van der Waals surface area contributed by atoms with Crippen LogP contribution in [0.15, 0.2) is 12.1 Å². The summed E-state index contributed by atoms with van der Waals surface area (Å²) in [5.74, 6) is -2.43. The molecule has 0 bridgehead atoms. The summed E-state index contributed by atoms with van der Waals surface area (Å²) in [5, 5.41) is 7.15. The summed E-state index contributed by atoms with van der Waals surface area (Å²) >= 11 is 0. The number of nitrogens with one attached hydrogen (secondary N) is 1. The van der Waals surface area contributed by atoms with Gasteiger partial charge in [0.2, 0.25) is 0 Å². The van der Waals surface area contributed by atoms with Gasteiger partial charge in [0.05, 0.1) is 0 Å². The highest BCUT2D eigenvalue weighted by Crippen LogP contribution is 2.23. The molecule has 0 spiro atoms. The molecule has 1 aliphatic heterocycles. The van der Waals surface area contributed by atoms with Gasteiger partial charge >= 0.3 is 0 Å². The Balaban J connectivity index is 1.97. The molecule has 19 heavy (non-hydrogen) atoms. The lowest BCUT2D eigenvalue weighted by Crippen LogP contribution is -2.25. The van der Waals surface area contributed by atoms with E-state index in [-0.39, 0.29) is 18.0 Å². The summed E-state index contributed by atoms with van der Waals surface area (Å²) in [5.41, 5.74) is 5.20. The number of nitrogen functional groups attached to an aromatic ring is 1. The summed E-state index contributed by atoms with van der Waals surface area (Å²) in [7, 11) is 0. The zero-order valence-electron chi connectivity index (χ0n) is 10.6. The van der Waals surface area contributed by atoms with E-state index in [0.717, 1.165) is 38.1 Å². The van der Waals surface area contributed by atoms with Gasteiger partial charge in [0.15, 0.2) is 17.4 Å². The fourth-order valence-corrected chi connectivity index (χ4v) is 2.14. The van der Waals surface area contributed by atoms with Crippen molar-refractivity contribution in [1.82, 2.24) is 4.90 Å². The quantitative estimate of drug-likeness (QED) is 0.632. The van der Waals surface area contributed by atoms with Crippen molar-refractivity contribution in [2.45, 2.75) is 12.8 Å². The lowest BCUT2D eigenvalue weighted by atomic mass is 10.2. The van der Waals surface area contributed by atoms with Gasteiger partial charge in [-0.05, 0) is 38.1 Å². The minimum Gasteiger partial charge on any atom is -0.486 e. The normalized spacial score (nSPS) is 15.7. The molecule has 2 rings (SSSR count). The Morgan fingerprint density at radius 2 is 1.84 bits per heavy atom. The Hall–Kier alpha value is -1.69. The first-order valence-corrected chi connectivity index (χ1v) is 6.26. The predicted molar refractivity (Wildman–Crippen MR) is 68.5 cm³/mol. The Kier molecular flexibility index (Phi) is 4.31. The molecule has 1 aliphatic rings. The maximum Gasteiger partial charge on any atom is 0.190 e. The van der Waals surface area contributed by atoms with Crippen LogP contribution in [0.4, 0.5) is 8.78 Å². The Morgan fingerprint density at radius 3 is 2.37 bits per heavy atom. The zero-order chi connectivity index (χ0) is 13.8. The molecule has 104 valence electrons. The second kappa shape index (κ2) is 5.97. The minimum absolute atomic E-state index is 0.0156. The van der Waals surface area contributed by atoms with E-state index in [2.05, 4.69) is 4.90 Å². The van der Waals surface area contributed by atoms with E-state index in [4.69, 9.17) is 15.9 Å². The summed E-state index contributed by atoms with van der Waals surface area (Å²) in [6.07, 6.45) is 2.33. The maximum atomic E-state index is 13.6. The van der Waals surface area contributed by atoms with E-state index in [9.17, 15) is 8.78 Å². The Bertz CT molecular complexity index is 450. The molecule has 0 radical (unpaired) electrons. The number of nitrogens with zero attached hydrogens (tertiary/aromatic N) is 1. The second-order valence-corrected chi connectivity index (χ2v) is 4.58. The molecule has 3 N–H and O–H groups in total. The minimum atomic E-state index is -0.827. The van der Waals surface area contributed by atoms with Crippen LogP contribution in [0.1, 0.15) is 18.4 Å². The molecule has 1 aromatic rings. The number of halogens is 2. The number of ether oxygens (including phenoxy) is 1. The predicted octanol–water partition coefficient (Wildman–Crippen LogP) is 1.72. The molecule has 0 aliphatic carbocycles. The number of nitrogens with two attached hydrogens (primary N) is 1. The lowest BCUT2D eigenvalue weighted by molar-refractivity contribution is 0.223. The van der Waals surface area contributed by atoms with Crippen molar-refractivity contribution >= 4 is 5.84 Å². The third-order valence-corrected chi connectivity index (χ3v) is 3.16. The maximum absolute atomic E-state index is 13.6. The Labute approximate surface area is 110 Å². The van der Waals surface area contributed by atoms with Crippen LogP contribution >= 0.6 is 0 Å². The third-order valence-electron chi connectivity index (χ3n) is 3.16. The van der Waals surface area contributed by atoms with Gasteiger partial charge in [0, 0.05) is 12.1 Å². The lowest BCUT2D eigenvalue weighted by Gasteiger charge is -2.15. The van der Waals surface area contributed by atoms with Gasteiger partial charge in [-0.1, -0.05) is 0 Å². The topological polar surface area (TPSA) is 62.3 Å². The number of benzene rings is 1. The standard InChI is InChI=1S/C13H17F2N3O/c14-10-7-9(13(16)17)8-11(15)12(10)19-6-5-18-3-1-2-4-18/h7-8H,1-6H2,(H3,16,17). The van der Waals surface area contributed by atoms with E-state index in [0.29, 0.717) is 6.54 Å². The van der Waals surface area contributed by atoms with Crippen molar-refractivity contribution in [2.24, 2.45) is 5.73 Å². The fraction of sp³-hybridized carbons (Fsp3) is 0.462. The number of likely N-dealkylation sites (tertiary alicyclic amines) is 1. The average Bonchev–Trinajstić information content (AvgIpc) is 2.85.